The van der Waals surface area contributed by atoms with Crippen LogP contribution in [0.15, 0.2) is 35.2 Å². The first kappa shape index (κ1) is 16.9. The molecule has 5 nitrogen and oxygen atoms in total. The van der Waals surface area contributed by atoms with Gasteiger partial charge in [0.15, 0.2) is 5.65 Å². The number of aromatic nitrogens is 4. The number of likely N-dealkylation sites (N-methyl/N-ethyl adjacent to an activating group) is 1. The zero-order valence-electron chi connectivity index (χ0n) is 14.5. The number of halogens is 1. The first-order chi connectivity index (χ1) is 11.5. The van der Waals surface area contributed by atoms with Gasteiger partial charge in [0.2, 0.25) is 0 Å². The minimum absolute atomic E-state index is 0.359. The molecular formula is C18H22BrN5. The van der Waals surface area contributed by atoms with E-state index >= 15 is 0 Å². The molecule has 0 aliphatic rings. The van der Waals surface area contributed by atoms with Crippen molar-refractivity contribution in [1.29, 1.82) is 0 Å². The molecule has 0 aliphatic carbocycles. The molecule has 1 aromatic carbocycles. The van der Waals surface area contributed by atoms with E-state index in [2.05, 4.69) is 81.1 Å². The molecule has 0 saturated carbocycles. The molecule has 0 spiro atoms. The second-order valence-corrected chi connectivity index (χ2v) is 6.92. The Bertz CT molecular complexity index is 840. The average molecular weight is 388 g/mol. The van der Waals surface area contributed by atoms with Gasteiger partial charge < -0.3 is 4.90 Å². The van der Waals surface area contributed by atoms with Gasteiger partial charge in [-0.3, -0.25) is 0 Å². The van der Waals surface area contributed by atoms with Gasteiger partial charge in [0.1, 0.15) is 16.7 Å². The van der Waals surface area contributed by atoms with Crippen LogP contribution in [0.2, 0.25) is 0 Å². The number of fused-ring (bicyclic) bond motifs is 1. The third kappa shape index (κ3) is 3.15. The Labute approximate surface area is 150 Å². The molecule has 3 rings (SSSR count). The Morgan fingerprint density at radius 1 is 1.21 bits per heavy atom. The molecule has 0 aliphatic heterocycles. The molecule has 1 atom stereocenters. The van der Waals surface area contributed by atoms with Crippen LogP contribution in [0.3, 0.4) is 0 Å². The molecule has 0 saturated heterocycles. The van der Waals surface area contributed by atoms with Crippen LogP contribution in [-0.4, -0.2) is 32.8 Å². The molecule has 0 unspecified atom stereocenters. The summed E-state index contributed by atoms with van der Waals surface area (Å²) in [5, 5.41) is 5.38. The van der Waals surface area contributed by atoms with Crippen LogP contribution in [0.4, 0.5) is 5.82 Å². The second kappa shape index (κ2) is 6.89. The van der Waals surface area contributed by atoms with Gasteiger partial charge in [0.25, 0.3) is 0 Å². The number of hydrogen-bond acceptors (Lipinski definition) is 4. The van der Waals surface area contributed by atoms with Crippen LogP contribution in [-0.2, 0) is 13.5 Å². The molecule has 0 amide bonds. The van der Waals surface area contributed by atoms with Crippen molar-refractivity contribution in [2.75, 3.05) is 11.9 Å². The standard InChI is InChI=1S/C18H22BrN5/c1-5-14(10-13-8-6-12(2)7-9-13)23(3)17-15-16(19)22-24(4)18(15)21-11-20-17/h6-9,11,14H,5,10H2,1-4H3/t14-/m0/s1. The number of benzene rings is 1. The van der Waals surface area contributed by atoms with E-state index in [9.17, 15) is 0 Å². The fraction of sp³-hybridized carbons (Fsp3) is 0.389. The first-order valence-corrected chi connectivity index (χ1v) is 8.92. The number of rotatable bonds is 5. The van der Waals surface area contributed by atoms with Crippen molar-refractivity contribution in [3.05, 3.63) is 46.3 Å². The van der Waals surface area contributed by atoms with Gasteiger partial charge in [0.05, 0.1) is 5.39 Å². The Balaban J connectivity index is 1.94. The average Bonchev–Trinajstić information content (AvgIpc) is 2.88. The molecule has 0 N–H and O–H groups in total. The molecule has 0 bridgehead atoms. The van der Waals surface area contributed by atoms with Crippen molar-refractivity contribution in [3.63, 3.8) is 0 Å². The lowest BCUT2D eigenvalue weighted by molar-refractivity contribution is 0.602. The van der Waals surface area contributed by atoms with Crippen LogP contribution < -0.4 is 4.90 Å². The lowest BCUT2D eigenvalue weighted by Gasteiger charge is -2.29. The van der Waals surface area contributed by atoms with Gasteiger partial charge in [-0.15, -0.1) is 0 Å². The highest BCUT2D eigenvalue weighted by atomic mass is 79.9. The largest absolute Gasteiger partial charge is 0.356 e. The van der Waals surface area contributed by atoms with Crippen molar-refractivity contribution in [1.82, 2.24) is 19.7 Å². The van der Waals surface area contributed by atoms with Crippen molar-refractivity contribution in [3.8, 4) is 0 Å². The summed E-state index contributed by atoms with van der Waals surface area (Å²) < 4.78 is 2.56. The highest BCUT2D eigenvalue weighted by Gasteiger charge is 2.21. The van der Waals surface area contributed by atoms with E-state index in [1.54, 1.807) is 11.0 Å². The van der Waals surface area contributed by atoms with E-state index in [0.29, 0.717) is 6.04 Å². The second-order valence-electron chi connectivity index (χ2n) is 6.17. The lowest BCUT2D eigenvalue weighted by atomic mass is 10.0. The molecular weight excluding hydrogens is 366 g/mol. The maximum Gasteiger partial charge on any atom is 0.164 e. The van der Waals surface area contributed by atoms with Crippen molar-refractivity contribution >= 4 is 32.8 Å². The molecule has 2 heterocycles. The Morgan fingerprint density at radius 2 is 1.92 bits per heavy atom. The number of hydrogen-bond donors (Lipinski definition) is 0. The minimum Gasteiger partial charge on any atom is -0.356 e. The lowest BCUT2D eigenvalue weighted by Crippen LogP contribution is -2.33. The Morgan fingerprint density at radius 3 is 2.58 bits per heavy atom. The fourth-order valence-corrected chi connectivity index (χ4v) is 3.61. The number of anilines is 1. The Kier molecular flexibility index (Phi) is 4.85. The van der Waals surface area contributed by atoms with Crippen molar-refractivity contribution in [2.45, 2.75) is 32.7 Å². The third-order valence-corrected chi connectivity index (χ3v) is 5.06. The maximum absolute atomic E-state index is 4.54. The SMILES string of the molecule is CC[C@@H](Cc1ccc(C)cc1)N(C)c1ncnc2c1c(Br)nn2C. The van der Waals surface area contributed by atoms with Crippen molar-refractivity contribution in [2.24, 2.45) is 7.05 Å². The smallest absolute Gasteiger partial charge is 0.164 e. The minimum atomic E-state index is 0.359. The molecule has 0 radical (unpaired) electrons. The van der Waals surface area contributed by atoms with Crippen molar-refractivity contribution < 1.29 is 0 Å². The van der Waals surface area contributed by atoms with Gasteiger partial charge in [-0.05, 0) is 41.3 Å². The number of aryl methyl sites for hydroxylation is 2. The summed E-state index contributed by atoms with van der Waals surface area (Å²) >= 11 is 3.54. The normalized spacial score (nSPS) is 12.5. The topological polar surface area (TPSA) is 46.8 Å². The summed E-state index contributed by atoms with van der Waals surface area (Å²) in [6.07, 6.45) is 3.63. The zero-order chi connectivity index (χ0) is 17.3. The summed E-state index contributed by atoms with van der Waals surface area (Å²) in [4.78, 5) is 11.1. The quantitative estimate of drug-likeness (QED) is 0.665. The van der Waals surface area contributed by atoms with Crippen LogP contribution >= 0.6 is 15.9 Å². The summed E-state index contributed by atoms with van der Waals surface area (Å²) in [7, 11) is 4.00. The van der Waals surface area contributed by atoms with Crippen LogP contribution in [0, 0.1) is 6.92 Å². The van der Waals surface area contributed by atoms with E-state index in [1.165, 1.54) is 11.1 Å². The van der Waals surface area contributed by atoms with Crippen LogP contribution in [0.25, 0.3) is 11.0 Å². The molecule has 2 aromatic heterocycles. The van der Waals surface area contributed by atoms with Gasteiger partial charge in [-0.2, -0.15) is 5.10 Å². The van der Waals surface area contributed by atoms with Gasteiger partial charge >= 0.3 is 0 Å². The highest BCUT2D eigenvalue weighted by molar-refractivity contribution is 9.10. The Hall–Kier alpha value is -1.95. The monoisotopic (exact) mass is 387 g/mol. The molecule has 126 valence electrons. The van der Waals surface area contributed by atoms with Crippen LogP contribution in [0.1, 0.15) is 24.5 Å². The molecule has 0 fully saturated rings. The van der Waals surface area contributed by atoms with E-state index < -0.39 is 0 Å². The third-order valence-electron chi connectivity index (χ3n) is 4.50. The van der Waals surface area contributed by atoms with E-state index in [1.807, 2.05) is 7.05 Å². The molecule has 6 heteroatoms. The first-order valence-electron chi connectivity index (χ1n) is 8.12. The predicted octanol–water partition coefficient (Wildman–Crippen LogP) is 3.89. The maximum atomic E-state index is 4.54. The summed E-state index contributed by atoms with van der Waals surface area (Å²) in [6, 6.07) is 9.12. The molecule has 3 aromatic rings. The van der Waals surface area contributed by atoms with Gasteiger partial charge in [-0.1, -0.05) is 36.8 Å². The van der Waals surface area contributed by atoms with Crippen LogP contribution in [0.5, 0.6) is 0 Å². The zero-order valence-corrected chi connectivity index (χ0v) is 16.1. The van der Waals surface area contributed by atoms with E-state index in [-0.39, 0.29) is 0 Å². The highest BCUT2D eigenvalue weighted by Crippen LogP contribution is 2.30. The fourth-order valence-electron chi connectivity index (χ4n) is 3.02. The number of nitrogens with zero attached hydrogens (tertiary/aromatic N) is 5. The summed E-state index contributed by atoms with van der Waals surface area (Å²) in [5.41, 5.74) is 3.47. The van der Waals surface area contributed by atoms with E-state index in [0.717, 1.165) is 34.3 Å². The van der Waals surface area contributed by atoms with Gasteiger partial charge in [0, 0.05) is 20.1 Å². The van der Waals surface area contributed by atoms with Gasteiger partial charge in [-0.25, -0.2) is 14.6 Å². The van der Waals surface area contributed by atoms with E-state index in [4.69, 9.17) is 0 Å². The summed E-state index contributed by atoms with van der Waals surface area (Å²) in [5.74, 6) is 0.916. The summed E-state index contributed by atoms with van der Waals surface area (Å²) in [6.45, 7) is 4.33. The predicted molar refractivity (Wildman–Crippen MR) is 101 cm³/mol. The molecule has 24 heavy (non-hydrogen) atoms.